The molecule has 0 saturated heterocycles. The lowest BCUT2D eigenvalue weighted by molar-refractivity contribution is 0.105. The van der Waals surface area contributed by atoms with Crippen LogP contribution in [0.1, 0.15) is 11.1 Å². The van der Waals surface area contributed by atoms with Crippen molar-refractivity contribution < 1.29 is 14.3 Å². The molecule has 2 rings (SSSR count). The van der Waals surface area contributed by atoms with Crippen molar-refractivity contribution in [1.82, 2.24) is 0 Å². The zero-order valence-corrected chi connectivity index (χ0v) is 13.5. The average molecular weight is 314 g/mol. The summed E-state index contributed by atoms with van der Waals surface area (Å²) in [5.74, 6) is 1.88. The lowest BCUT2D eigenvalue weighted by atomic mass is 10.1. The Morgan fingerprint density at radius 1 is 1.00 bits per heavy atom. The van der Waals surface area contributed by atoms with Gasteiger partial charge in [0.15, 0.2) is 12.4 Å². The molecule has 0 radical (unpaired) electrons. The Kier molecular flexibility index (Phi) is 6.29. The predicted octanol–water partition coefficient (Wildman–Crippen LogP) is 3.05. The number of hydrogen-bond donors (Lipinski definition) is 1. The molecular formula is C18H22N2O3. The fourth-order valence-electron chi connectivity index (χ4n) is 1.88. The molecule has 0 atom stereocenters. The first kappa shape index (κ1) is 16.7. The van der Waals surface area contributed by atoms with Gasteiger partial charge in [0.1, 0.15) is 24.7 Å². The summed E-state index contributed by atoms with van der Waals surface area (Å²) in [5, 5.41) is 3.80. The monoisotopic (exact) mass is 314 g/mol. The zero-order chi connectivity index (χ0) is 16.5. The Balaban J connectivity index is 1.66. The van der Waals surface area contributed by atoms with Crippen LogP contribution in [0.4, 0.5) is 0 Å². The van der Waals surface area contributed by atoms with Crippen LogP contribution in [0, 0.1) is 13.8 Å². The second-order valence-electron chi connectivity index (χ2n) is 5.13. The van der Waals surface area contributed by atoms with Crippen molar-refractivity contribution in [3.8, 4) is 11.5 Å². The predicted molar refractivity (Wildman–Crippen MR) is 90.9 cm³/mol. The third-order valence-corrected chi connectivity index (χ3v) is 3.09. The van der Waals surface area contributed by atoms with E-state index in [0.29, 0.717) is 13.2 Å². The molecular weight excluding hydrogens is 292 g/mol. The van der Waals surface area contributed by atoms with Crippen molar-refractivity contribution in [3.05, 3.63) is 59.7 Å². The standard InChI is InChI=1S/C18H22N2O3/c1-14-8-9-15(2)17(12-14)21-10-11-23-20-18(19)13-22-16-6-4-3-5-7-16/h3-9,12H,10-11,13H2,1-2H3,(H2,19,20). The van der Waals surface area contributed by atoms with Gasteiger partial charge in [0.05, 0.1) is 0 Å². The summed E-state index contributed by atoms with van der Waals surface area (Å²) in [6, 6.07) is 15.5. The molecule has 0 amide bonds. The van der Waals surface area contributed by atoms with Crippen molar-refractivity contribution in [2.75, 3.05) is 19.8 Å². The quantitative estimate of drug-likeness (QED) is 0.352. The third-order valence-electron chi connectivity index (χ3n) is 3.09. The smallest absolute Gasteiger partial charge is 0.177 e. The van der Waals surface area contributed by atoms with E-state index in [2.05, 4.69) is 11.2 Å². The van der Waals surface area contributed by atoms with Crippen molar-refractivity contribution in [2.24, 2.45) is 10.9 Å². The van der Waals surface area contributed by atoms with Crippen molar-refractivity contribution in [1.29, 1.82) is 0 Å². The van der Waals surface area contributed by atoms with Crippen molar-refractivity contribution >= 4 is 5.84 Å². The number of hydrogen-bond acceptors (Lipinski definition) is 4. The number of nitrogens with zero attached hydrogens (tertiary/aromatic N) is 1. The van der Waals surface area contributed by atoms with Crippen LogP contribution in [0.3, 0.4) is 0 Å². The van der Waals surface area contributed by atoms with Gasteiger partial charge < -0.3 is 20.0 Å². The molecule has 0 saturated carbocycles. The van der Waals surface area contributed by atoms with Gasteiger partial charge in [0, 0.05) is 0 Å². The molecule has 0 aliphatic rings. The number of oxime groups is 1. The van der Waals surface area contributed by atoms with E-state index in [9.17, 15) is 0 Å². The SMILES string of the molecule is Cc1ccc(C)c(OCCO/N=C(\N)COc2ccccc2)c1. The highest BCUT2D eigenvalue weighted by Crippen LogP contribution is 2.18. The van der Waals surface area contributed by atoms with Crippen molar-refractivity contribution in [2.45, 2.75) is 13.8 Å². The highest BCUT2D eigenvalue weighted by atomic mass is 16.6. The molecule has 0 unspecified atom stereocenters. The van der Waals surface area contributed by atoms with E-state index in [1.165, 1.54) is 0 Å². The van der Waals surface area contributed by atoms with Gasteiger partial charge >= 0.3 is 0 Å². The van der Waals surface area contributed by atoms with Gasteiger partial charge in [-0.15, -0.1) is 0 Å². The van der Waals surface area contributed by atoms with Crippen LogP contribution in [-0.2, 0) is 4.84 Å². The third kappa shape index (κ3) is 5.90. The fourth-order valence-corrected chi connectivity index (χ4v) is 1.88. The Bertz CT molecular complexity index is 642. The second-order valence-corrected chi connectivity index (χ2v) is 5.13. The summed E-state index contributed by atoms with van der Waals surface area (Å²) in [4.78, 5) is 5.13. The van der Waals surface area contributed by atoms with E-state index < -0.39 is 0 Å². The summed E-state index contributed by atoms with van der Waals surface area (Å²) in [5.41, 5.74) is 7.97. The van der Waals surface area contributed by atoms with Crippen LogP contribution >= 0.6 is 0 Å². The first-order valence-corrected chi connectivity index (χ1v) is 7.47. The van der Waals surface area contributed by atoms with Crippen LogP contribution in [-0.4, -0.2) is 25.7 Å². The molecule has 23 heavy (non-hydrogen) atoms. The van der Waals surface area contributed by atoms with E-state index >= 15 is 0 Å². The lowest BCUT2D eigenvalue weighted by Gasteiger charge is -2.09. The molecule has 0 spiro atoms. The Hall–Kier alpha value is -2.69. The topological polar surface area (TPSA) is 66.1 Å². The molecule has 2 aromatic carbocycles. The molecule has 2 aromatic rings. The molecule has 2 N–H and O–H groups in total. The molecule has 5 heteroatoms. The Morgan fingerprint density at radius 3 is 2.57 bits per heavy atom. The van der Waals surface area contributed by atoms with Gasteiger partial charge in [-0.05, 0) is 43.2 Å². The Morgan fingerprint density at radius 2 is 1.78 bits per heavy atom. The van der Waals surface area contributed by atoms with E-state index in [0.717, 1.165) is 22.6 Å². The zero-order valence-electron chi connectivity index (χ0n) is 13.5. The van der Waals surface area contributed by atoms with Gasteiger partial charge in [-0.2, -0.15) is 0 Å². The number of rotatable bonds is 8. The molecule has 0 aliphatic heterocycles. The summed E-state index contributed by atoms with van der Waals surface area (Å²) >= 11 is 0. The molecule has 5 nitrogen and oxygen atoms in total. The van der Waals surface area contributed by atoms with Crippen LogP contribution in [0.2, 0.25) is 0 Å². The minimum atomic E-state index is 0.182. The number of benzene rings is 2. The van der Waals surface area contributed by atoms with Crippen LogP contribution in [0.5, 0.6) is 11.5 Å². The van der Waals surface area contributed by atoms with E-state index in [-0.39, 0.29) is 12.4 Å². The molecule has 0 bridgehead atoms. The van der Waals surface area contributed by atoms with Crippen molar-refractivity contribution in [3.63, 3.8) is 0 Å². The normalized spacial score (nSPS) is 11.1. The highest BCUT2D eigenvalue weighted by molar-refractivity contribution is 5.81. The maximum Gasteiger partial charge on any atom is 0.177 e. The van der Waals surface area contributed by atoms with Gasteiger partial charge in [0.25, 0.3) is 0 Å². The minimum Gasteiger partial charge on any atom is -0.490 e. The fraction of sp³-hybridized carbons (Fsp3) is 0.278. The number of amidine groups is 1. The second kappa shape index (κ2) is 8.68. The number of nitrogens with two attached hydrogens (primary N) is 1. The first-order valence-electron chi connectivity index (χ1n) is 7.47. The average Bonchev–Trinajstić information content (AvgIpc) is 2.56. The lowest BCUT2D eigenvalue weighted by Crippen LogP contribution is -2.21. The van der Waals surface area contributed by atoms with Gasteiger partial charge in [0.2, 0.25) is 0 Å². The summed E-state index contributed by atoms with van der Waals surface area (Å²) in [7, 11) is 0. The van der Waals surface area contributed by atoms with Crippen LogP contribution in [0.15, 0.2) is 53.7 Å². The summed E-state index contributed by atoms with van der Waals surface area (Å²) < 4.78 is 11.1. The van der Waals surface area contributed by atoms with Crippen LogP contribution in [0.25, 0.3) is 0 Å². The first-order chi connectivity index (χ1) is 11.1. The van der Waals surface area contributed by atoms with E-state index in [4.69, 9.17) is 20.0 Å². The summed E-state index contributed by atoms with van der Waals surface area (Å²) in [6.07, 6.45) is 0. The number of aryl methyl sites for hydroxylation is 2. The molecule has 0 aromatic heterocycles. The molecule has 122 valence electrons. The Labute approximate surface area is 136 Å². The highest BCUT2D eigenvalue weighted by Gasteiger charge is 2.00. The van der Waals surface area contributed by atoms with E-state index in [1.807, 2.05) is 56.3 Å². The van der Waals surface area contributed by atoms with Gasteiger partial charge in [-0.1, -0.05) is 35.5 Å². The number of ether oxygens (including phenoxy) is 2. The van der Waals surface area contributed by atoms with Gasteiger partial charge in [-0.25, -0.2) is 0 Å². The maximum atomic E-state index is 5.72. The molecule has 0 aliphatic carbocycles. The minimum absolute atomic E-state index is 0.182. The summed E-state index contributed by atoms with van der Waals surface area (Å²) in [6.45, 7) is 4.94. The molecule has 0 heterocycles. The number of para-hydroxylation sites is 1. The maximum absolute atomic E-state index is 5.72. The molecule has 0 fully saturated rings. The van der Waals surface area contributed by atoms with Gasteiger partial charge in [-0.3, -0.25) is 0 Å². The largest absolute Gasteiger partial charge is 0.490 e. The van der Waals surface area contributed by atoms with Crippen LogP contribution < -0.4 is 15.2 Å². The van der Waals surface area contributed by atoms with E-state index in [1.54, 1.807) is 0 Å².